The lowest BCUT2D eigenvalue weighted by molar-refractivity contribution is 0.180. The molecule has 4 heterocycles. The van der Waals surface area contributed by atoms with Gasteiger partial charge in [0.2, 0.25) is 0 Å². The Labute approximate surface area is 228 Å². The van der Waals surface area contributed by atoms with E-state index in [0.717, 1.165) is 53.9 Å². The van der Waals surface area contributed by atoms with Crippen LogP contribution in [0, 0.1) is 0 Å². The molecule has 1 spiro atoms. The number of hydrogen-bond donors (Lipinski definition) is 1. The number of halogens is 2. The summed E-state index contributed by atoms with van der Waals surface area (Å²) in [5.41, 5.74) is 6.72. The summed E-state index contributed by atoms with van der Waals surface area (Å²) in [7, 11) is 0. The Hall–Kier alpha value is -2.91. The minimum absolute atomic E-state index is 0.113. The number of carbonyl (C=O) groups is 1. The molecule has 2 aliphatic rings. The molecule has 1 N–H and O–H groups in total. The molecular weight excluding hydrogens is 529 g/mol. The molecule has 0 radical (unpaired) electrons. The number of amides is 2. The highest BCUT2D eigenvalue weighted by Gasteiger charge is 2.47. The molecule has 1 saturated heterocycles. The van der Waals surface area contributed by atoms with Gasteiger partial charge in [-0.15, -0.1) is 11.3 Å². The first-order valence-electron chi connectivity index (χ1n) is 12.2. The number of hydrogen-bond acceptors (Lipinski definition) is 6. The summed E-state index contributed by atoms with van der Waals surface area (Å²) in [6.45, 7) is 3.72. The lowest BCUT2D eigenvalue weighted by Crippen LogP contribution is -2.47. The van der Waals surface area contributed by atoms with Crippen LogP contribution >= 0.6 is 34.5 Å². The number of benzene rings is 2. The standard InChI is InChI=1S/C27H25Cl2N5O2S/c28-20-4-3-18(12-21(20)29)2-1-9-33-10-7-27(8-11-33)15-34(26(35)30-13-19-14-36-16-31-19)22-5-6-23-25(24(22)27)32-17-37-23/h1-6,12,14,16-17H,7-11,13,15H2,(H,30,35). The minimum atomic E-state index is -0.123. The fourth-order valence-electron chi connectivity index (χ4n) is 5.43. The number of fused-ring (bicyclic) bond motifs is 4. The van der Waals surface area contributed by atoms with E-state index in [4.69, 9.17) is 32.6 Å². The molecular formula is C27H25Cl2N5O2S. The summed E-state index contributed by atoms with van der Waals surface area (Å²) in [5, 5.41) is 4.12. The molecule has 2 amide bonds. The summed E-state index contributed by atoms with van der Waals surface area (Å²) in [4.78, 5) is 26.5. The number of likely N-dealkylation sites (tertiary alicyclic amines) is 1. The molecule has 0 bridgehead atoms. The number of piperidine rings is 1. The average Bonchev–Trinajstić information content (AvgIpc) is 3.65. The average molecular weight is 555 g/mol. The third-order valence-electron chi connectivity index (χ3n) is 7.34. The van der Waals surface area contributed by atoms with Crippen molar-refractivity contribution in [3.05, 3.63) is 81.4 Å². The third kappa shape index (κ3) is 4.75. The highest BCUT2D eigenvalue weighted by Crippen LogP contribution is 2.50. The van der Waals surface area contributed by atoms with Crippen LogP contribution in [0.4, 0.5) is 10.5 Å². The van der Waals surface area contributed by atoms with Crippen LogP contribution in [0.25, 0.3) is 16.3 Å². The quantitative estimate of drug-likeness (QED) is 0.311. The molecule has 2 aliphatic heterocycles. The first kappa shape index (κ1) is 24.4. The smallest absolute Gasteiger partial charge is 0.322 e. The van der Waals surface area contributed by atoms with Gasteiger partial charge in [0.05, 0.1) is 43.7 Å². The first-order valence-corrected chi connectivity index (χ1v) is 13.8. The molecule has 6 rings (SSSR count). The van der Waals surface area contributed by atoms with Crippen molar-refractivity contribution in [1.29, 1.82) is 0 Å². The Bertz CT molecular complexity index is 1460. The van der Waals surface area contributed by atoms with E-state index in [1.807, 2.05) is 28.6 Å². The van der Waals surface area contributed by atoms with Gasteiger partial charge in [0, 0.05) is 24.1 Å². The summed E-state index contributed by atoms with van der Waals surface area (Å²) in [6, 6.07) is 9.69. The summed E-state index contributed by atoms with van der Waals surface area (Å²) in [5.74, 6) is 0. The Morgan fingerprint density at radius 3 is 2.81 bits per heavy atom. The van der Waals surface area contributed by atoms with Crippen molar-refractivity contribution >= 4 is 62.5 Å². The fourth-order valence-corrected chi connectivity index (χ4v) is 6.42. The van der Waals surface area contributed by atoms with Crippen LogP contribution in [0.2, 0.25) is 10.0 Å². The molecule has 0 unspecified atom stereocenters. The fraction of sp³-hybridized carbons (Fsp3) is 0.296. The van der Waals surface area contributed by atoms with Gasteiger partial charge in [-0.25, -0.2) is 14.8 Å². The molecule has 0 atom stereocenters. The molecule has 4 aromatic rings. The number of thiazole rings is 1. The topological polar surface area (TPSA) is 74.5 Å². The van der Waals surface area contributed by atoms with Gasteiger partial charge in [-0.05, 0) is 55.8 Å². The second-order valence-electron chi connectivity index (χ2n) is 9.54. The largest absolute Gasteiger partial charge is 0.451 e. The van der Waals surface area contributed by atoms with Gasteiger partial charge < -0.3 is 9.73 Å². The molecule has 10 heteroatoms. The maximum atomic E-state index is 13.3. The summed E-state index contributed by atoms with van der Waals surface area (Å²) >= 11 is 13.8. The maximum Gasteiger partial charge on any atom is 0.322 e. The van der Waals surface area contributed by atoms with Gasteiger partial charge in [-0.1, -0.05) is 41.4 Å². The number of urea groups is 1. The van der Waals surface area contributed by atoms with E-state index < -0.39 is 0 Å². The van der Waals surface area contributed by atoms with Crippen molar-refractivity contribution in [3.8, 4) is 0 Å². The predicted octanol–water partition coefficient (Wildman–Crippen LogP) is 6.37. The zero-order valence-electron chi connectivity index (χ0n) is 20.0. The zero-order chi connectivity index (χ0) is 25.4. The van der Waals surface area contributed by atoms with E-state index >= 15 is 0 Å². The van der Waals surface area contributed by atoms with Crippen molar-refractivity contribution in [3.63, 3.8) is 0 Å². The molecule has 37 heavy (non-hydrogen) atoms. The zero-order valence-corrected chi connectivity index (χ0v) is 22.3. The van der Waals surface area contributed by atoms with Gasteiger partial charge in [0.15, 0.2) is 6.39 Å². The van der Waals surface area contributed by atoms with Crippen molar-refractivity contribution in [1.82, 2.24) is 20.2 Å². The van der Waals surface area contributed by atoms with Gasteiger partial charge >= 0.3 is 6.03 Å². The van der Waals surface area contributed by atoms with Crippen molar-refractivity contribution < 1.29 is 9.21 Å². The van der Waals surface area contributed by atoms with E-state index in [1.165, 1.54) is 12.0 Å². The Morgan fingerprint density at radius 1 is 1.16 bits per heavy atom. The Balaban J connectivity index is 1.18. The van der Waals surface area contributed by atoms with E-state index in [-0.39, 0.29) is 11.4 Å². The van der Waals surface area contributed by atoms with Crippen LogP contribution in [0.1, 0.15) is 29.7 Å². The van der Waals surface area contributed by atoms with E-state index in [9.17, 15) is 4.79 Å². The Kier molecular flexibility index (Phi) is 6.67. The van der Waals surface area contributed by atoms with Crippen molar-refractivity contribution in [2.24, 2.45) is 0 Å². The lowest BCUT2D eigenvalue weighted by Gasteiger charge is -2.39. The molecule has 190 valence electrons. The summed E-state index contributed by atoms with van der Waals surface area (Å²) in [6.07, 6.45) is 9.09. The van der Waals surface area contributed by atoms with Gasteiger partial charge in [0.25, 0.3) is 0 Å². The second kappa shape index (κ2) is 10.1. The molecule has 7 nitrogen and oxygen atoms in total. The highest BCUT2D eigenvalue weighted by atomic mass is 35.5. The van der Waals surface area contributed by atoms with Crippen LogP contribution in [0.15, 0.2) is 59.0 Å². The first-order chi connectivity index (χ1) is 18.0. The van der Waals surface area contributed by atoms with Gasteiger partial charge in [0.1, 0.15) is 6.26 Å². The van der Waals surface area contributed by atoms with Crippen LogP contribution < -0.4 is 10.2 Å². The highest BCUT2D eigenvalue weighted by molar-refractivity contribution is 7.16. The second-order valence-corrected chi connectivity index (χ2v) is 11.2. The number of aromatic nitrogens is 2. The third-order valence-corrected chi connectivity index (χ3v) is 8.88. The number of oxazole rings is 1. The van der Waals surface area contributed by atoms with E-state index in [1.54, 1.807) is 17.6 Å². The number of nitrogens with zero attached hydrogens (tertiary/aromatic N) is 4. The molecule has 0 saturated carbocycles. The van der Waals surface area contributed by atoms with Crippen molar-refractivity contribution in [2.45, 2.75) is 24.8 Å². The van der Waals surface area contributed by atoms with Crippen LogP contribution in [-0.4, -0.2) is 47.1 Å². The van der Waals surface area contributed by atoms with E-state index in [2.05, 4.69) is 39.5 Å². The van der Waals surface area contributed by atoms with E-state index in [0.29, 0.717) is 28.8 Å². The predicted molar refractivity (Wildman–Crippen MR) is 149 cm³/mol. The number of nitrogens with one attached hydrogen (secondary N) is 1. The molecule has 0 aliphatic carbocycles. The number of carbonyl (C=O) groups excluding carboxylic acids is 1. The molecule has 1 fully saturated rings. The van der Waals surface area contributed by atoms with Crippen molar-refractivity contribution in [2.75, 3.05) is 31.1 Å². The van der Waals surface area contributed by atoms with Gasteiger partial charge in [-0.2, -0.15) is 0 Å². The monoisotopic (exact) mass is 553 g/mol. The maximum absolute atomic E-state index is 13.3. The molecule has 2 aromatic heterocycles. The van der Waals surface area contributed by atoms with Crippen LogP contribution in [0.5, 0.6) is 0 Å². The lowest BCUT2D eigenvalue weighted by atomic mass is 9.74. The normalized spacial score (nSPS) is 17.2. The number of rotatable bonds is 5. The van der Waals surface area contributed by atoms with Gasteiger partial charge in [-0.3, -0.25) is 9.80 Å². The number of anilines is 1. The minimum Gasteiger partial charge on any atom is -0.451 e. The van der Waals surface area contributed by atoms with Crippen LogP contribution in [0.3, 0.4) is 0 Å². The SMILES string of the molecule is O=C(NCc1cocn1)N1CC2(CCN(CC=Cc3ccc(Cl)c(Cl)c3)CC2)c2c1ccc1scnc21. The summed E-state index contributed by atoms with van der Waals surface area (Å²) < 4.78 is 6.19. The van der Waals surface area contributed by atoms with Crippen LogP contribution in [-0.2, 0) is 12.0 Å². The Morgan fingerprint density at radius 2 is 2.03 bits per heavy atom. The molecule has 2 aromatic carbocycles.